The minimum atomic E-state index is -0.837. The van der Waals surface area contributed by atoms with Crippen molar-refractivity contribution >= 4 is 22.6 Å². The number of nitriles is 1. The molecule has 9 heteroatoms. The molecule has 0 aliphatic rings. The molecule has 0 saturated carbocycles. The summed E-state index contributed by atoms with van der Waals surface area (Å²) in [6.45, 7) is 0.0668. The van der Waals surface area contributed by atoms with E-state index in [1.165, 1.54) is 14.2 Å². The molecule has 2 N–H and O–H groups in total. The SMILES string of the molecule is COC(=O)[C@H](CCNC(=O)c1nc(C#N)c2cc(Oc3ccccc3)ccc2c1O)OC. The van der Waals surface area contributed by atoms with Crippen LogP contribution in [0.3, 0.4) is 0 Å². The number of para-hydroxylation sites is 1. The Kier molecular flexibility index (Phi) is 7.21. The van der Waals surface area contributed by atoms with Crippen LogP contribution in [0, 0.1) is 11.3 Å². The number of pyridine rings is 1. The summed E-state index contributed by atoms with van der Waals surface area (Å²) in [5, 5.41) is 23.4. The van der Waals surface area contributed by atoms with E-state index in [4.69, 9.17) is 9.47 Å². The average Bonchev–Trinajstić information content (AvgIpc) is 2.82. The Morgan fingerprint density at radius 3 is 2.53 bits per heavy atom. The predicted molar refractivity (Wildman–Crippen MR) is 114 cm³/mol. The number of carbonyl (C=O) groups is 2. The molecule has 0 bridgehead atoms. The van der Waals surface area contributed by atoms with E-state index in [1.807, 2.05) is 24.3 Å². The van der Waals surface area contributed by atoms with Gasteiger partial charge in [-0.05, 0) is 30.3 Å². The lowest BCUT2D eigenvalue weighted by Crippen LogP contribution is -2.32. The molecule has 1 atom stereocenters. The largest absolute Gasteiger partial charge is 0.505 e. The lowest BCUT2D eigenvalue weighted by molar-refractivity contribution is -0.152. The molecule has 3 aromatic rings. The summed E-state index contributed by atoms with van der Waals surface area (Å²) in [6, 6.07) is 15.8. The maximum atomic E-state index is 12.6. The summed E-state index contributed by atoms with van der Waals surface area (Å²) < 4.78 is 15.4. The molecule has 1 amide bonds. The van der Waals surface area contributed by atoms with Crippen LogP contribution in [0.4, 0.5) is 0 Å². The highest BCUT2D eigenvalue weighted by Gasteiger charge is 2.22. The number of nitrogens with one attached hydrogen (secondary N) is 1. The summed E-state index contributed by atoms with van der Waals surface area (Å²) in [6.07, 6.45) is -0.676. The van der Waals surface area contributed by atoms with Crippen molar-refractivity contribution in [3.05, 3.63) is 59.9 Å². The number of esters is 1. The van der Waals surface area contributed by atoms with Gasteiger partial charge in [-0.25, -0.2) is 9.78 Å². The Morgan fingerprint density at radius 1 is 1.12 bits per heavy atom. The Labute approximate surface area is 184 Å². The first-order valence-corrected chi connectivity index (χ1v) is 9.67. The van der Waals surface area contributed by atoms with E-state index in [-0.39, 0.29) is 35.5 Å². The number of nitrogens with zero attached hydrogens (tertiary/aromatic N) is 2. The second-order valence-electron chi connectivity index (χ2n) is 6.68. The third-order valence-corrected chi connectivity index (χ3v) is 4.69. The van der Waals surface area contributed by atoms with Crippen molar-refractivity contribution in [2.45, 2.75) is 12.5 Å². The first-order chi connectivity index (χ1) is 15.5. The molecule has 0 aliphatic carbocycles. The third-order valence-electron chi connectivity index (χ3n) is 4.69. The Balaban J connectivity index is 1.83. The molecule has 164 valence electrons. The summed E-state index contributed by atoms with van der Waals surface area (Å²) in [7, 11) is 2.60. The second kappa shape index (κ2) is 10.2. The average molecular weight is 435 g/mol. The van der Waals surface area contributed by atoms with Gasteiger partial charge in [-0.2, -0.15) is 5.26 Å². The smallest absolute Gasteiger partial charge is 0.335 e. The zero-order chi connectivity index (χ0) is 23.1. The van der Waals surface area contributed by atoms with Crippen LogP contribution in [0.15, 0.2) is 48.5 Å². The van der Waals surface area contributed by atoms with Gasteiger partial charge < -0.3 is 24.6 Å². The molecular formula is C23H21N3O6. The summed E-state index contributed by atoms with van der Waals surface area (Å²) in [5.41, 5.74) is -0.330. The van der Waals surface area contributed by atoms with Gasteiger partial charge >= 0.3 is 5.97 Å². The maximum absolute atomic E-state index is 12.6. The number of hydrogen-bond donors (Lipinski definition) is 2. The number of aromatic nitrogens is 1. The van der Waals surface area contributed by atoms with Crippen molar-refractivity contribution in [1.82, 2.24) is 10.3 Å². The molecule has 0 aliphatic heterocycles. The molecule has 0 radical (unpaired) electrons. The number of carbonyl (C=O) groups excluding carboxylic acids is 2. The fourth-order valence-electron chi connectivity index (χ4n) is 3.07. The standard InChI is InChI=1S/C23H21N3O6/c1-30-19(23(29)31-2)10-11-25-22(28)20-21(27)16-9-8-15(12-17(16)18(13-24)26-20)32-14-6-4-3-5-7-14/h3-9,12,19,27H,10-11H2,1-2H3,(H,25,28)/t19-/m0/s1. The van der Waals surface area contributed by atoms with Crippen molar-refractivity contribution in [3.63, 3.8) is 0 Å². The van der Waals surface area contributed by atoms with Crippen LogP contribution in [0.2, 0.25) is 0 Å². The number of hydrogen-bond acceptors (Lipinski definition) is 8. The number of rotatable bonds is 8. The number of methoxy groups -OCH3 is 2. The monoisotopic (exact) mass is 435 g/mol. The predicted octanol–water partition coefficient (Wildman–Crippen LogP) is 2.91. The van der Waals surface area contributed by atoms with Crippen LogP contribution >= 0.6 is 0 Å². The highest BCUT2D eigenvalue weighted by molar-refractivity contribution is 6.03. The van der Waals surface area contributed by atoms with Crippen molar-refractivity contribution in [1.29, 1.82) is 5.26 Å². The van der Waals surface area contributed by atoms with E-state index in [0.29, 0.717) is 16.9 Å². The van der Waals surface area contributed by atoms with Crippen LogP contribution in [0.5, 0.6) is 17.2 Å². The zero-order valence-corrected chi connectivity index (χ0v) is 17.5. The van der Waals surface area contributed by atoms with Gasteiger partial charge in [0.25, 0.3) is 5.91 Å². The van der Waals surface area contributed by atoms with Crippen molar-refractivity contribution in [2.24, 2.45) is 0 Å². The highest BCUT2D eigenvalue weighted by Crippen LogP contribution is 2.33. The van der Waals surface area contributed by atoms with Crippen molar-refractivity contribution in [2.75, 3.05) is 20.8 Å². The molecule has 1 aromatic heterocycles. The van der Waals surface area contributed by atoms with E-state index in [2.05, 4.69) is 15.0 Å². The van der Waals surface area contributed by atoms with Crippen LogP contribution in [-0.2, 0) is 14.3 Å². The Bertz CT molecular complexity index is 1170. The normalized spacial score (nSPS) is 11.4. The lowest BCUT2D eigenvalue weighted by atomic mass is 10.1. The van der Waals surface area contributed by atoms with Gasteiger partial charge in [0.05, 0.1) is 7.11 Å². The Hall–Kier alpha value is -4.16. The maximum Gasteiger partial charge on any atom is 0.335 e. The van der Waals surface area contributed by atoms with Gasteiger partial charge in [-0.3, -0.25) is 4.79 Å². The fourth-order valence-corrected chi connectivity index (χ4v) is 3.07. The molecule has 32 heavy (non-hydrogen) atoms. The number of ether oxygens (including phenoxy) is 3. The quantitative estimate of drug-likeness (QED) is 0.517. The van der Waals surface area contributed by atoms with Crippen LogP contribution in [0.1, 0.15) is 22.6 Å². The van der Waals surface area contributed by atoms with Crippen LogP contribution in [-0.4, -0.2) is 48.8 Å². The minimum absolute atomic E-state index is 0.0363. The summed E-state index contributed by atoms with van der Waals surface area (Å²) >= 11 is 0. The first-order valence-electron chi connectivity index (χ1n) is 9.67. The van der Waals surface area contributed by atoms with E-state index in [0.717, 1.165) is 0 Å². The highest BCUT2D eigenvalue weighted by atomic mass is 16.6. The third kappa shape index (κ3) is 4.94. The molecule has 0 unspecified atom stereocenters. The van der Waals surface area contributed by atoms with Crippen molar-refractivity contribution < 1.29 is 28.9 Å². The van der Waals surface area contributed by atoms with Gasteiger partial charge in [0.1, 0.15) is 23.3 Å². The number of fused-ring (bicyclic) bond motifs is 1. The zero-order valence-electron chi connectivity index (χ0n) is 17.5. The molecule has 0 fully saturated rings. The van der Waals surface area contributed by atoms with E-state index >= 15 is 0 Å². The number of aromatic hydroxyl groups is 1. The van der Waals surface area contributed by atoms with Crippen LogP contribution in [0.25, 0.3) is 10.8 Å². The van der Waals surface area contributed by atoms with Gasteiger partial charge in [0, 0.05) is 30.8 Å². The molecule has 3 rings (SSSR count). The molecule has 9 nitrogen and oxygen atoms in total. The number of benzene rings is 2. The van der Waals surface area contributed by atoms with E-state index in [1.54, 1.807) is 30.3 Å². The molecule has 2 aromatic carbocycles. The lowest BCUT2D eigenvalue weighted by Gasteiger charge is -2.14. The van der Waals surface area contributed by atoms with Crippen molar-refractivity contribution in [3.8, 4) is 23.3 Å². The van der Waals surface area contributed by atoms with E-state index < -0.39 is 18.0 Å². The van der Waals surface area contributed by atoms with E-state index in [9.17, 15) is 20.0 Å². The van der Waals surface area contributed by atoms with Gasteiger partial charge in [-0.15, -0.1) is 0 Å². The molecule has 0 saturated heterocycles. The van der Waals surface area contributed by atoms with Crippen LogP contribution < -0.4 is 10.1 Å². The molecule has 1 heterocycles. The molecule has 0 spiro atoms. The topological polar surface area (TPSA) is 131 Å². The first kappa shape index (κ1) is 22.5. The number of amides is 1. The van der Waals surface area contributed by atoms with Gasteiger partial charge in [0.2, 0.25) is 0 Å². The van der Waals surface area contributed by atoms with Gasteiger partial charge in [-0.1, -0.05) is 18.2 Å². The Morgan fingerprint density at radius 2 is 1.88 bits per heavy atom. The summed E-state index contributed by atoms with van der Waals surface area (Å²) in [5.74, 6) is -0.551. The minimum Gasteiger partial charge on any atom is -0.505 e. The fraction of sp³-hybridized carbons (Fsp3) is 0.217. The van der Waals surface area contributed by atoms with Gasteiger partial charge in [0.15, 0.2) is 17.5 Å². The molecular weight excluding hydrogens is 414 g/mol. The second-order valence-corrected chi connectivity index (χ2v) is 6.68. The summed E-state index contributed by atoms with van der Waals surface area (Å²) in [4.78, 5) is 28.2.